The molecule has 6 aromatic rings. The number of piperidine rings is 1. The van der Waals surface area contributed by atoms with E-state index in [2.05, 4.69) is 58.6 Å². The van der Waals surface area contributed by atoms with E-state index in [9.17, 15) is 33.9 Å². The number of aromatic carboxylic acids is 1. The Morgan fingerprint density at radius 3 is 2.25 bits per heavy atom. The third-order valence-electron chi connectivity index (χ3n) is 19.0. The number of imide groups is 2. The van der Waals surface area contributed by atoms with Crippen molar-refractivity contribution in [3.05, 3.63) is 94.9 Å². The van der Waals surface area contributed by atoms with Crippen LogP contribution in [0, 0.1) is 30.1 Å². The molecule has 0 radical (unpaired) electrons. The van der Waals surface area contributed by atoms with Crippen LogP contribution in [0.1, 0.15) is 172 Å². The molecule has 4 N–H and O–H groups in total. The number of anilines is 5. The molecule has 4 bridgehead atoms. The SMILES string of the molecule is Cc1cc(N(CCCCN(C)C(=O)CCCCCCCCCNc2cccc3c2C(=O)N(C2CCC(=O)NC2=O)C3=O)c2ccc(-c3cnn(CC45CC6(C)CC(C)(C4)CC(OCCN(C)C)(C6)C5)c3C)c(C(=O)O)n2)nnc1Nc1nc2ccccc2s1. The van der Waals surface area contributed by atoms with Crippen LogP contribution in [-0.2, 0) is 25.7 Å². The first-order valence-electron chi connectivity index (χ1n) is 31.8. The molecule has 12 rings (SSSR count). The maximum Gasteiger partial charge on any atom is 0.355 e. The zero-order valence-electron chi connectivity index (χ0n) is 52.6. The summed E-state index contributed by atoms with van der Waals surface area (Å²) in [6.07, 6.45) is 17.0. The van der Waals surface area contributed by atoms with Crippen LogP contribution in [0.2, 0.25) is 0 Å². The van der Waals surface area contributed by atoms with E-state index in [1.807, 2.05) is 68.3 Å². The first-order chi connectivity index (χ1) is 42.6. The first kappa shape index (κ1) is 62.9. The zero-order chi connectivity index (χ0) is 62.8. The number of carbonyl (C=O) groups is 6. The molecular weight excluding hydrogens is 1150 g/mol. The van der Waals surface area contributed by atoms with Crippen LogP contribution in [0.3, 0.4) is 0 Å². The van der Waals surface area contributed by atoms with Crippen LogP contribution in [0.15, 0.2) is 66.9 Å². The summed E-state index contributed by atoms with van der Waals surface area (Å²) >= 11 is 1.53. The molecule has 4 saturated carbocycles. The highest BCUT2D eigenvalue weighted by atomic mass is 32.1. The molecule has 5 fully saturated rings. The van der Waals surface area contributed by atoms with E-state index in [0.717, 1.165) is 122 Å². The number of hydrogen-bond acceptors (Lipinski definition) is 17. The number of aromatic nitrogens is 6. The van der Waals surface area contributed by atoms with E-state index in [0.29, 0.717) is 79.3 Å². The third-order valence-corrected chi connectivity index (χ3v) is 20.0. The van der Waals surface area contributed by atoms with Gasteiger partial charge in [0.15, 0.2) is 22.5 Å². The van der Waals surface area contributed by atoms with E-state index in [-0.39, 0.29) is 57.4 Å². The van der Waals surface area contributed by atoms with Crippen molar-refractivity contribution in [2.75, 3.05) is 69.5 Å². The largest absolute Gasteiger partial charge is 0.476 e. The number of carbonyl (C=O) groups excluding carboxylic acids is 5. The number of amides is 5. The summed E-state index contributed by atoms with van der Waals surface area (Å²) in [7, 11) is 6.03. The van der Waals surface area contributed by atoms with Crippen molar-refractivity contribution in [3.8, 4) is 11.1 Å². The highest BCUT2D eigenvalue weighted by Gasteiger charge is 2.66. The number of hydrogen-bond donors (Lipinski definition) is 4. The Morgan fingerprint density at radius 2 is 1.52 bits per heavy atom. The number of aryl methyl sites for hydroxylation is 1. The van der Waals surface area contributed by atoms with Crippen LogP contribution >= 0.6 is 11.3 Å². The van der Waals surface area contributed by atoms with Crippen molar-refractivity contribution in [2.24, 2.45) is 16.2 Å². The molecular formula is C67H85N13O8S. The second-order valence-corrected chi connectivity index (χ2v) is 28.1. The number of fused-ring (bicyclic) bond motifs is 2. The van der Waals surface area contributed by atoms with Gasteiger partial charge in [-0.05, 0) is 163 Å². The molecule has 4 aliphatic carbocycles. The summed E-state index contributed by atoms with van der Waals surface area (Å²) in [5.41, 5.74) is 5.06. The number of carboxylic acid groups (broad SMARTS) is 1. The van der Waals surface area contributed by atoms with Gasteiger partial charge < -0.3 is 35.2 Å². The third kappa shape index (κ3) is 13.7. The fraction of sp³-hybridized carbons (Fsp3) is 0.537. The molecule has 2 aromatic carbocycles. The van der Waals surface area contributed by atoms with Crippen LogP contribution in [0.25, 0.3) is 21.3 Å². The van der Waals surface area contributed by atoms with Crippen molar-refractivity contribution >= 4 is 85.3 Å². The Labute approximate surface area is 524 Å². The topological polar surface area (TPSA) is 250 Å². The molecule has 6 heterocycles. The molecule has 89 heavy (non-hydrogen) atoms. The van der Waals surface area contributed by atoms with E-state index in [1.54, 1.807) is 29.3 Å². The van der Waals surface area contributed by atoms with Crippen molar-refractivity contribution in [3.63, 3.8) is 0 Å². The number of carboxylic acids is 1. The van der Waals surface area contributed by atoms with Gasteiger partial charge in [-0.15, -0.1) is 10.2 Å². The second kappa shape index (κ2) is 26.0. The van der Waals surface area contributed by atoms with Gasteiger partial charge in [-0.25, -0.2) is 14.8 Å². The lowest BCUT2D eigenvalue weighted by molar-refractivity contribution is -0.248. The maximum atomic E-state index is 13.4. The number of para-hydroxylation sites is 1. The van der Waals surface area contributed by atoms with Gasteiger partial charge in [0, 0.05) is 75.1 Å². The minimum atomic E-state index is -1.15. The molecule has 4 aromatic heterocycles. The highest BCUT2D eigenvalue weighted by molar-refractivity contribution is 7.22. The monoisotopic (exact) mass is 1230 g/mol. The van der Waals surface area contributed by atoms with Gasteiger partial charge in [-0.3, -0.25) is 38.9 Å². The average molecular weight is 1230 g/mol. The molecule has 2 aliphatic heterocycles. The summed E-state index contributed by atoms with van der Waals surface area (Å²) in [5, 5.41) is 34.8. The average Bonchev–Trinajstić information content (AvgIpc) is 1.43. The fourth-order valence-electron chi connectivity index (χ4n) is 16.0. The summed E-state index contributed by atoms with van der Waals surface area (Å²) in [6.45, 7) is 12.8. The van der Waals surface area contributed by atoms with Crippen LogP contribution in [-0.4, -0.2) is 151 Å². The predicted molar refractivity (Wildman–Crippen MR) is 343 cm³/mol. The summed E-state index contributed by atoms with van der Waals surface area (Å²) in [5.74, 6) is -1.67. The number of likely N-dealkylation sites (N-methyl/N-ethyl adjacent to an activating group) is 1. The van der Waals surface area contributed by atoms with E-state index >= 15 is 0 Å². The predicted octanol–water partition coefficient (Wildman–Crippen LogP) is 11.1. The summed E-state index contributed by atoms with van der Waals surface area (Å²) in [4.78, 5) is 94.2. The lowest BCUT2D eigenvalue weighted by Crippen LogP contribution is -2.64. The molecule has 6 aliphatic rings. The highest BCUT2D eigenvalue weighted by Crippen LogP contribution is 2.72. The number of benzene rings is 2. The Hall–Kier alpha value is -7.69. The molecule has 3 atom stereocenters. The maximum absolute atomic E-state index is 13.4. The fourth-order valence-corrected chi connectivity index (χ4v) is 16.8. The standard InChI is InChI=1S/C67H85N13O8S/c1-43-34-53(74-75-58(43)73-63-70-48-21-14-15-23-51(48)89-63)78(52-27-25-45(57(71-52)62(86)87)47-35-69-79(44(47)2)42-66-37-64(3)36-65(4,38-66)40-67(39-64,41-66)88-33-32-76(5)6)31-18-17-30-77(7)55(82)24-13-11-9-8-10-12-16-29-68-49-22-19-20-46-56(49)61(85)80(60(46)84)50-26-28-54(81)72-59(50)83/h14-15,19-23,25,27,34-35,50,68H,8-13,16-18,24,26,28-33,36-42H2,1-7H3,(H,86,87)(H,70,73,75)(H,72,81,83). The van der Waals surface area contributed by atoms with Gasteiger partial charge in [-0.2, -0.15) is 5.10 Å². The molecule has 5 amide bonds. The van der Waals surface area contributed by atoms with Crippen molar-refractivity contribution < 1.29 is 38.6 Å². The number of nitrogens with zero attached hydrogens (tertiary/aromatic N) is 10. The van der Waals surface area contributed by atoms with Crippen LogP contribution in [0.5, 0.6) is 0 Å². The molecule has 3 unspecified atom stereocenters. The number of thiazole rings is 1. The van der Waals surface area contributed by atoms with E-state index < -0.39 is 35.6 Å². The number of unbranched alkanes of at least 4 members (excludes halogenated alkanes) is 7. The number of pyridine rings is 1. The van der Waals surface area contributed by atoms with Gasteiger partial charge >= 0.3 is 5.97 Å². The lowest BCUT2D eigenvalue weighted by Gasteiger charge is -2.69. The molecule has 1 saturated heterocycles. The smallest absolute Gasteiger partial charge is 0.355 e. The van der Waals surface area contributed by atoms with Crippen molar-refractivity contribution in [2.45, 2.75) is 161 Å². The number of ether oxygens (including phenoxy) is 1. The Morgan fingerprint density at radius 1 is 0.775 bits per heavy atom. The quantitative estimate of drug-likeness (QED) is 0.0252. The Bertz CT molecular complexity index is 3620. The van der Waals surface area contributed by atoms with E-state index in [4.69, 9.17) is 24.9 Å². The van der Waals surface area contributed by atoms with Gasteiger partial charge in [0.05, 0.1) is 39.7 Å². The zero-order valence-corrected chi connectivity index (χ0v) is 53.4. The van der Waals surface area contributed by atoms with Crippen molar-refractivity contribution in [1.29, 1.82) is 0 Å². The van der Waals surface area contributed by atoms with Crippen LogP contribution in [0.4, 0.5) is 28.3 Å². The second-order valence-electron chi connectivity index (χ2n) is 27.0. The van der Waals surface area contributed by atoms with Gasteiger partial charge in [0.1, 0.15) is 11.9 Å². The van der Waals surface area contributed by atoms with Gasteiger partial charge in [-0.1, -0.05) is 75.5 Å². The van der Waals surface area contributed by atoms with Gasteiger partial charge in [0.2, 0.25) is 17.7 Å². The normalized spacial score (nSPS) is 22.7. The molecule has 472 valence electrons. The number of rotatable bonds is 29. The molecule has 21 nitrogen and oxygen atoms in total. The summed E-state index contributed by atoms with van der Waals surface area (Å²) < 4.78 is 10.1. The first-order valence-corrected chi connectivity index (χ1v) is 32.6. The van der Waals surface area contributed by atoms with E-state index in [1.165, 1.54) is 17.8 Å². The summed E-state index contributed by atoms with van der Waals surface area (Å²) in [6, 6.07) is 17.6. The Kier molecular flexibility index (Phi) is 18.4. The van der Waals surface area contributed by atoms with Gasteiger partial charge in [0.25, 0.3) is 11.8 Å². The molecule has 0 spiro atoms. The van der Waals surface area contributed by atoms with Crippen molar-refractivity contribution in [1.82, 2.24) is 50.0 Å². The Balaban J connectivity index is 0.687. The lowest BCUT2D eigenvalue weighted by atomic mass is 9.39. The number of nitrogens with one attached hydrogen (secondary N) is 3. The minimum absolute atomic E-state index is 0.00667. The minimum Gasteiger partial charge on any atom is -0.476 e. The van der Waals surface area contributed by atoms with Crippen LogP contribution < -0.4 is 20.9 Å². The molecule has 22 heteroatoms.